The number of hydrogen-bond acceptors (Lipinski definition) is 3. The van der Waals surface area contributed by atoms with Crippen molar-refractivity contribution in [3.8, 4) is 5.69 Å². The lowest BCUT2D eigenvalue weighted by Gasteiger charge is -2.06. The number of fused-ring (bicyclic) bond motifs is 1. The van der Waals surface area contributed by atoms with Gasteiger partial charge in [-0.1, -0.05) is 36.4 Å². The van der Waals surface area contributed by atoms with Crippen molar-refractivity contribution in [2.45, 2.75) is 12.8 Å². The second kappa shape index (κ2) is 8.02. The van der Waals surface area contributed by atoms with Crippen LogP contribution in [0.1, 0.15) is 22.3 Å². The zero-order valence-corrected chi connectivity index (χ0v) is 16.0. The van der Waals surface area contributed by atoms with Crippen LogP contribution in [-0.2, 0) is 18.3 Å². The summed E-state index contributed by atoms with van der Waals surface area (Å²) < 4.78 is 3.66. The maximum atomic E-state index is 12.5. The summed E-state index contributed by atoms with van der Waals surface area (Å²) >= 11 is 0. The smallest absolute Gasteiger partial charge is 0.271 e. The van der Waals surface area contributed by atoms with E-state index in [1.165, 1.54) is 0 Å². The van der Waals surface area contributed by atoms with Crippen molar-refractivity contribution < 1.29 is 9.59 Å². The van der Waals surface area contributed by atoms with Crippen LogP contribution in [-0.4, -0.2) is 26.2 Å². The zero-order valence-electron chi connectivity index (χ0n) is 16.0. The average Bonchev–Trinajstić information content (AvgIpc) is 3.36. The molecule has 4 rings (SSSR count). The van der Waals surface area contributed by atoms with Gasteiger partial charge in [0.05, 0.1) is 17.4 Å². The van der Waals surface area contributed by atoms with Gasteiger partial charge >= 0.3 is 0 Å². The van der Waals surface area contributed by atoms with Gasteiger partial charge in [-0.15, -0.1) is 0 Å². The molecule has 0 fully saturated rings. The second-order valence-electron chi connectivity index (χ2n) is 6.80. The van der Waals surface area contributed by atoms with Gasteiger partial charge in [-0.25, -0.2) is 4.68 Å². The van der Waals surface area contributed by atoms with Crippen LogP contribution in [0.3, 0.4) is 0 Å². The van der Waals surface area contributed by atoms with E-state index >= 15 is 0 Å². The molecule has 29 heavy (non-hydrogen) atoms. The molecule has 0 unspecified atom stereocenters. The zero-order chi connectivity index (χ0) is 20.2. The molecule has 0 atom stereocenters. The molecule has 0 saturated carbocycles. The van der Waals surface area contributed by atoms with Crippen molar-refractivity contribution >= 4 is 22.7 Å². The van der Waals surface area contributed by atoms with Crippen LogP contribution in [0.2, 0.25) is 0 Å². The van der Waals surface area contributed by atoms with E-state index in [-0.39, 0.29) is 18.2 Å². The van der Waals surface area contributed by atoms with E-state index in [4.69, 9.17) is 0 Å². The highest BCUT2D eigenvalue weighted by Crippen LogP contribution is 2.19. The van der Waals surface area contributed by atoms with E-state index in [0.29, 0.717) is 12.0 Å². The summed E-state index contributed by atoms with van der Waals surface area (Å²) in [7, 11) is 1.88. The number of hydrazine groups is 1. The summed E-state index contributed by atoms with van der Waals surface area (Å²) in [6.45, 7) is 0. The van der Waals surface area contributed by atoms with Gasteiger partial charge in [0.25, 0.3) is 5.91 Å². The maximum absolute atomic E-state index is 12.5. The van der Waals surface area contributed by atoms with Crippen molar-refractivity contribution in [1.82, 2.24) is 25.2 Å². The Morgan fingerprint density at radius 1 is 0.966 bits per heavy atom. The molecule has 7 heteroatoms. The minimum atomic E-state index is -0.341. The van der Waals surface area contributed by atoms with Crippen molar-refractivity contribution in [3.05, 3.63) is 84.3 Å². The molecule has 2 N–H and O–H groups in total. The van der Waals surface area contributed by atoms with Crippen molar-refractivity contribution in [2.24, 2.45) is 7.05 Å². The van der Waals surface area contributed by atoms with Gasteiger partial charge in [0.1, 0.15) is 0 Å². The molecular formula is C22H21N5O2. The molecule has 0 bridgehead atoms. The van der Waals surface area contributed by atoms with Crippen LogP contribution in [0.25, 0.3) is 16.6 Å². The third-order valence-electron chi connectivity index (χ3n) is 4.75. The molecule has 0 aliphatic rings. The Kier molecular flexibility index (Phi) is 5.11. The second-order valence-corrected chi connectivity index (χ2v) is 6.80. The number of nitrogens with zero attached hydrogens (tertiary/aromatic N) is 3. The van der Waals surface area contributed by atoms with E-state index < -0.39 is 0 Å². The number of amides is 2. The van der Waals surface area contributed by atoms with Crippen LogP contribution in [0, 0.1) is 0 Å². The molecule has 2 heterocycles. The first kappa shape index (κ1) is 18.5. The molecule has 2 aromatic carbocycles. The summed E-state index contributed by atoms with van der Waals surface area (Å²) in [4.78, 5) is 24.6. The fraction of sp³-hybridized carbons (Fsp3) is 0.136. The standard InChI is InChI=1S/C22H21N5O2/c1-26-15-19(18-9-5-6-10-20(18)26)22(29)25-24-21(28)12-11-16-13-23-27(14-16)17-7-3-2-4-8-17/h2-10,13-15H,11-12H2,1H3,(H,24,28)(H,25,29). The summed E-state index contributed by atoms with van der Waals surface area (Å²) in [5.41, 5.74) is 8.38. The van der Waals surface area contributed by atoms with Crippen LogP contribution in [0.15, 0.2) is 73.2 Å². The minimum Gasteiger partial charge on any atom is -0.350 e. The number of hydrogen-bond donors (Lipinski definition) is 2. The first-order chi connectivity index (χ1) is 14.1. The topological polar surface area (TPSA) is 81.0 Å². The number of carbonyl (C=O) groups excluding carboxylic acids is 2. The predicted octanol–water partition coefficient (Wildman–Crippen LogP) is 2.76. The third kappa shape index (κ3) is 4.03. The number of para-hydroxylation sites is 2. The molecular weight excluding hydrogens is 366 g/mol. The van der Waals surface area contributed by atoms with Crippen LogP contribution in [0.4, 0.5) is 0 Å². The summed E-state index contributed by atoms with van der Waals surface area (Å²) in [6, 6.07) is 17.4. The summed E-state index contributed by atoms with van der Waals surface area (Å²) in [5, 5.41) is 5.17. The molecule has 2 aromatic heterocycles. The SMILES string of the molecule is Cn1cc(C(=O)NNC(=O)CCc2cnn(-c3ccccc3)c2)c2ccccc21. The van der Waals surface area contributed by atoms with Crippen LogP contribution in [0.5, 0.6) is 0 Å². The number of aromatic nitrogens is 3. The van der Waals surface area contributed by atoms with Gasteiger partial charge in [0, 0.05) is 36.8 Å². The van der Waals surface area contributed by atoms with E-state index in [2.05, 4.69) is 16.0 Å². The van der Waals surface area contributed by atoms with Crippen molar-refractivity contribution in [1.29, 1.82) is 0 Å². The van der Waals surface area contributed by atoms with Gasteiger partial charge in [-0.2, -0.15) is 5.10 Å². The Balaban J connectivity index is 1.31. The summed E-state index contributed by atoms with van der Waals surface area (Å²) in [5.74, 6) is -0.599. The fourth-order valence-electron chi connectivity index (χ4n) is 3.25. The van der Waals surface area contributed by atoms with Crippen molar-refractivity contribution in [3.63, 3.8) is 0 Å². The number of aryl methyl sites for hydroxylation is 2. The molecule has 7 nitrogen and oxygen atoms in total. The number of carbonyl (C=O) groups is 2. The third-order valence-corrected chi connectivity index (χ3v) is 4.75. The quantitative estimate of drug-likeness (QED) is 0.517. The number of benzene rings is 2. The van der Waals surface area contributed by atoms with Gasteiger partial charge in [-0.3, -0.25) is 20.4 Å². The fourth-order valence-corrected chi connectivity index (χ4v) is 3.25. The van der Waals surface area contributed by atoms with Gasteiger partial charge in [0.15, 0.2) is 0 Å². The van der Waals surface area contributed by atoms with Gasteiger partial charge < -0.3 is 4.57 Å². The molecule has 4 aromatic rings. The Labute approximate surface area is 167 Å². The Morgan fingerprint density at radius 3 is 2.55 bits per heavy atom. The predicted molar refractivity (Wildman–Crippen MR) is 110 cm³/mol. The molecule has 146 valence electrons. The molecule has 0 radical (unpaired) electrons. The van der Waals surface area contributed by atoms with E-state index in [1.807, 2.05) is 72.4 Å². The normalized spacial score (nSPS) is 10.8. The largest absolute Gasteiger partial charge is 0.350 e. The highest BCUT2D eigenvalue weighted by Gasteiger charge is 2.14. The molecule has 0 aliphatic heterocycles. The van der Waals surface area contributed by atoms with E-state index in [9.17, 15) is 9.59 Å². The molecule has 0 spiro atoms. The van der Waals surface area contributed by atoms with Crippen molar-refractivity contribution in [2.75, 3.05) is 0 Å². The first-order valence-corrected chi connectivity index (χ1v) is 9.34. The average molecular weight is 387 g/mol. The summed E-state index contributed by atoms with van der Waals surface area (Å²) in [6.07, 6.45) is 6.18. The Bertz CT molecular complexity index is 1160. The highest BCUT2D eigenvalue weighted by molar-refractivity contribution is 6.07. The maximum Gasteiger partial charge on any atom is 0.271 e. The van der Waals surface area contributed by atoms with E-state index in [1.54, 1.807) is 17.1 Å². The van der Waals surface area contributed by atoms with Crippen LogP contribution >= 0.6 is 0 Å². The highest BCUT2D eigenvalue weighted by atomic mass is 16.2. The van der Waals surface area contributed by atoms with E-state index in [0.717, 1.165) is 22.2 Å². The number of nitrogens with one attached hydrogen (secondary N) is 2. The Morgan fingerprint density at radius 2 is 1.72 bits per heavy atom. The Hall–Kier alpha value is -3.87. The molecule has 0 saturated heterocycles. The van der Waals surface area contributed by atoms with Crippen LogP contribution < -0.4 is 10.9 Å². The lowest BCUT2D eigenvalue weighted by atomic mass is 10.2. The molecule has 0 aliphatic carbocycles. The lowest BCUT2D eigenvalue weighted by molar-refractivity contribution is -0.121. The molecule has 2 amide bonds. The number of rotatable bonds is 5. The lowest BCUT2D eigenvalue weighted by Crippen LogP contribution is -2.41. The first-order valence-electron chi connectivity index (χ1n) is 9.34. The minimum absolute atomic E-state index is 0.246. The monoisotopic (exact) mass is 387 g/mol. The van der Waals surface area contributed by atoms with Gasteiger partial charge in [0.2, 0.25) is 5.91 Å². The van der Waals surface area contributed by atoms with Gasteiger partial charge in [-0.05, 0) is 30.2 Å².